The van der Waals surface area contributed by atoms with E-state index in [0.717, 1.165) is 37.0 Å². The fourth-order valence-electron chi connectivity index (χ4n) is 6.39. The first-order chi connectivity index (χ1) is 15.9. The summed E-state index contributed by atoms with van der Waals surface area (Å²) in [6.45, 7) is 0. The molecule has 0 N–H and O–H groups in total. The SMILES string of the molecule is C1=CCCC(N2C3C=CC=CC3C3C=C(C4=CCCc5c4oc4ccccc54)C=CC32)=C1. The number of benzene rings is 1. The Bertz CT molecular complexity index is 1310. The van der Waals surface area contributed by atoms with Crippen LogP contribution < -0.4 is 0 Å². The molecule has 2 nitrogen and oxygen atoms in total. The molecule has 0 radical (unpaired) electrons. The van der Waals surface area contributed by atoms with E-state index in [1.165, 1.54) is 27.8 Å². The maximum absolute atomic E-state index is 6.40. The number of hydrogen-bond donors (Lipinski definition) is 0. The minimum atomic E-state index is 0.415. The highest BCUT2D eigenvalue weighted by Crippen LogP contribution is 2.48. The molecule has 1 fully saturated rings. The van der Waals surface area contributed by atoms with Gasteiger partial charge in [-0.25, -0.2) is 0 Å². The quantitative estimate of drug-likeness (QED) is 0.528. The van der Waals surface area contributed by atoms with Gasteiger partial charge in [0.05, 0.1) is 12.1 Å². The number of fused-ring (bicyclic) bond motifs is 6. The molecule has 5 aliphatic rings. The summed E-state index contributed by atoms with van der Waals surface area (Å²) in [6.07, 6.45) is 30.3. The van der Waals surface area contributed by atoms with Crippen LogP contribution in [0.3, 0.4) is 0 Å². The van der Waals surface area contributed by atoms with Crippen LogP contribution >= 0.6 is 0 Å². The molecule has 2 heterocycles. The molecule has 0 bridgehead atoms. The summed E-state index contributed by atoms with van der Waals surface area (Å²) in [5.74, 6) is 2.07. The van der Waals surface area contributed by atoms with Crippen molar-refractivity contribution >= 4 is 16.5 Å². The van der Waals surface area contributed by atoms with Crippen molar-refractivity contribution in [2.24, 2.45) is 11.8 Å². The van der Waals surface area contributed by atoms with Crippen LogP contribution in [0, 0.1) is 11.8 Å². The number of aryl methyl sites for hydroxylation is 1. The number of hydrogen-bond acceptors (Lipinski definition) is 2. The summed E-state index contributed by atoms with van der Waals surface area (Å²) in [5, 5.41) is 1.27. The monoisotopic (exact) mass is 417 g/mol. The predicted molar refractivity (Wildman–Crippen MR) is 131 cm³/mol. The van der Waals surface area contributed by atoms with Gasteiger partial charge in [-0.2, -0.15) is 0 Å². The lowest BCUT2D eigenvalue weighted by molar-refractivity contribution is 0.291. The van der Waals surface area contributed by atoms with Crippen molar-refractivity contribution in [3.05, 3.63) is 114 Å². The van der Waals surface area contributed by atoms with Gasteiger partial charge in [0, 0.05) is 34.1 Å². The van der Waals surface area contributed by atoms with Gasteiger partial charge < -0.3 is 9.32 Å². The largest absolute Gasteiger partial charge is 0.456 e. The van der Waals surface area contributed by atoms with E-state index in [2.05, 4.69) is 96.0 Å². The second kappa shape index (κ2) is 7.13. The molecule has 32 heavy (non-hydrogen) atoms. The van der Waals surface area contributed by atoms with E-state index >= 15 is 0 Å². The van der Waals surface area contributed by atoms with Crippen molar-refractivity contribution in [3.8, 4) is 0 Å². The standard InChI is InChI=1S/C30H27NO/c1-2-9-21(10-3-1)31-27-15-6-4-11-23(27)26-19-20(17-18-28(26)31)22-13-8-14-25-24-12-5-7-16-29(24)32-30(22)25/h1-2,4-7,9,11-13,15-19,23,26-28H,3,8,10,14H2. The zero-order valence-corrected chi connectivity index (χ0v) is 18.2. The van der Waals surface area contributed by atoms with Gasteiger partial charge in [-0.05, 0) is 43.4 Å². The first kappa shape index (κ1) is 18.3. The summed E-state index contributed by atoms with van der Waals surface area (Å²) < 4.78 is 6.40. The maximum Gasteiger partial charge on any atom is 0.138 e. The molecule has 0 spiro atoms. The highest BCUT2D eigenvalue weighted by molar-refractivity contribution is 5.92. The molecule has 0 amide bonds. The highest BCUT2D eigenvalue weighted by Gasteiger charge is 2.47. The first-order valence-electron chi connectivity index (χ1n) is 12.0. The highest BCUT2D eigenvalue weighted by atomic mass is 16.3. The van der Waals surface area contributed by atoms with E-state index in [1.54, 1.807) is 0 Å². The van der Waals surface area contributed by atoms with Gasteiger partial charge in [-0.15, -0.1) is 0 Å². The molecule has 2 heteroatoms. The Kier molecular flexibility index (Phi) is 4.08. The Morgan fingerprint density at radius 1 is 0.875 bits per heavy atom. The Balaban J connectivity index is 1.30. The summed E-state index contributed by atoms with van der Waals surface area (Å²) in [6, 6.07) is 9.33. The Hall–Kier alpha value is -3.26. The fraction of sp³-hybridized carbons (Fsp3) is 0.267. The van der Waals surface area contributed by atoms with Crippen molar-refractivity contribution in [1.29, 1.82) is 0 Å². The van der Waals surface area contributed by atoms with Gasteiger partial charge >= 0.3 is 0 Å². The van der Waals surface area contributed by atoms with Crippen LogP contribution in [0.4, 0.5) is 0 Å². The third-order valence-corrected chi connectivity index (χ3v) is 7.79. The van der Waals surface area contributed by atoms with E-state index in [-0.39, 0.29) is 0 Å². The summed E-state index contributed by atoms with van der Waals surface area (Å²) >= 11 is 0. The topological polar surface area (TPSA) is 16.4 Å². The molecule has 4 aliphatic carbocycles. The number of likely N-dealkylation sites (tertiary alicyclic amines) is 1. The Labute approximate surface area is 189 Å². The van der Waals surface area contributed by atoms with Crippen LogP contribution in [-0.4, -0.2) is 17.0 Å². The lowest BCUT2D eigenvalue weighted by atomic mass is 9.79. The van der Waals surface area contributed by atoms with E-state index in [0.29, 0.717) is 23.9 Å². The van der Waals surface area contributed by atoms with Crippen molar-refractivity contribution in [1.82, 2.24) is 4.90 Å². The van der Waals surface area contributed by atoms with Crippen LogP contribution in [-0.2, 0) is 6.42 Å². The van der Waals surface area contributed by atoms with Gasteiger partial charge in [-0.1, -0.05) is 79.0 Å². The molecule has 158 valence electrons. The normalized spacial score (nSPS) is 30.0. The van der Waals surface area contributed by atoms with Crippen molar-refractivity contribution in [3.63, 3.8) is 0 Å². The fourth-order valence-corrected chi connectivity index (χ4v) is 6.39. The summed E-state index contributed by atoms with van der Waals surface area (Å²) in [4.78, 5) is 2.69. The van der Waals surface area contributed by atoms with Crippen LogP contribution in [0.2, 0.25) is 0 Å². The molecule has 4 unspecified atom stereocenters. The van der Waals surface area contributed by atoms with Gasteiger partial charge in [0.25, 0.3) is 0 Å². The Morgan fingerprint density at radius 3 is 2.72 bits per heavy atom. The Morgan fingerprint density at radius 2 is 1.78 bits per heavy atom. The van der Waals surface area contributed by atoms with E-state index in [1.807, 2.05) is 0 Å². The van der Waals surface area contributed by atoms with Crippen LogP contribution in [0.5, 0.6) is 0 Å². The van der Waals surface area contributed by atoms with Crippen LogP contribution in [0.25, 0.3) is 16.5 Å². The third kappa shape index (κ3) is 2.65. The molecule has 7 rings (SSSR count). The second-order valence-electron chi connectivity index (χ2n) is 9.48. The van der Waals surface area contributed by atoms with Gasteiger partial charge in [-0.3, -0.25) is 0 Å². The first-order valence-corrected chi connectivity index (χ1v) is 12.0. The van der Waals surface area contributed by atoms with E-state index < -0.39 is 0 Å². The van der Waals surface area contributed by atoms with Gasteiger partial charge in [0.1, 0.15) is 11.3 Å². The molecule has 2 aromatic rings. The average Bonchev–Trinajstić information content (AvgIpc) is 3.40. The average molecular weight is 418 g/mol. The van der Waals surface area contributed by atoms with E-state index in [4.69, 9.17) is 4.42 Å². The van der Waals surface area contributed by atoms with E-state index in [9.17, 15) is 0 Å². The number of para-hydroxylation sites is 1. The van der Waals surface area contributed by atoms with Gasteiger partial charge in [0.15, 0.2) is 0 Å². The van der Waals surface area contributed by atoms with Crippen molar-refractivity contribution in [2.45, 2.75) is 37.8 Å². The zero-order chi connectivity index (χ0) is 21.1. The molecule has 1 aromatic carbocycles. The molecular weight excluding hydrogens is 390 g/mol. The van der Waals surface area contributed by atoms with Crippen LogP contribution in [0.1, 0.15) is 30.6 Å². The van der Waals surface area contributed by atoms with Gasteiger partial charge in [0.2, 0.25) is 0 Å². The predicted octanol–water partition coefficient (Wildman–Crippen LogP) is 6.90. The maximum atomic E-state index is 6.40. The van der Waals surface area contributed by atoms with Crippen molar-refractivity contribution < 1.29 is 4.42 Å². The third-order valence-electron chi connectivity index (χ3n) is 7.79. The molecule has 0 saturated carbocycles. The number of rotatable bonds is 2. The lowest BCUT2D eigenvalue weighted by Crippen LogP contribution is -2.36. The molecular formula is C30H27NO. The molecule has 4 atom stereocenters. The number of allylic oxidation sites excluding steroid dienone is 10. The number of furan rings is 1. The summed E-state index contributed by atoms with van der Waals surface area (Å²) in [7, 11) is 0. The molecule has 1 saturated heterocycles. The summed E-state index contributed by atoms with van der Waals surface area (Å²) in [5.41, 5.74) is 6.47. The lowest BCUT2D eigenvalue weighted by Gasteiger charge is -2.35. The second-order valence-corrected chi connectivity index (χ2v) is 9.48. The minimum Gasteiger partial charge on any atom is -0.456 e. The minimum absolute atomic E-state index is 0.415. The molecule has 1 aliphatic heterocycles. The number of nitrogens with zero attached hydrogens (tertiary/aromatic N) is 1. The molecule has 1 aromatic heterocycles. The van der Waals surface area contributed by atoms with Crippen LogP contribution in [0.15, 0.2) is 107 Å². The smallest absolute Gasteiger partial charge is 0.138 e. The zero-order valence-electron chi connectivity index (χ0n) is 18.2. The van der Waals surface area contributed by atoms with Crippen molar-refractivity contribution in [2.75, 3.05) is 0 Å².